The van der Waals surface area contributed by atoms with Gasteiger partial charge in [-0.05, 0) is 31.1 Å². The fourth-order valence-corrected chi connectivity index (χ4v) is 2.89. The summed E-state index contributed by atoms with van der Waals surface area (Å²) in [7, 11) is 1.91. The van der Waals surface area contributed by atoms with Crippen LogP contribution in [0.3, 0.4) is 0 Å². The van der Waals surface area contributed by atoms with E-state index in [9.17, 15) is 5.11 Å². The van der Waals surface area contributed by atoms with Gasteiger partial charge < -0.3 is 15.0 Å². The Balaban J connectivity index is 1.72. The molecule has 1 fully saturated rings. The van der Waals surface area contributed by atoms with Crippen molar-refractivity contribution >= 4 is 17.0 Å². The van der Waals surface area contributed by atoms with Crippen molar-refractivity contribution < 1.29 is 5.11 Å². The molecule has 2 N–H and O–H groups in total. The van der Waals surface area contributed by atoms with Crippen LogP contribution in [0, 0.1) is 5.41 Å². The van der Waals surface area contributed by atoms with Gasteiger partial charge in [-0.3, -0.25) is 0 Å². The standard InChI is InChI=1S/C15H23N5O/c1-14(2)4-6-15(21,7-5-14)8-16-12-11-13(18-9-17-12)20(3)10-19-11/h9-10,21H,4-8H2,1-3H3,(H,16,17,18). The lowest BCUT2D eigenvalue weighted by Gasteiger charge is -2.40. The summed E-state index contributed by atoms with van der Waals surface area (Å²) in [6.07, 6.45) is 7.00. The van der Waals surface area contributed by atoms with Crippen molar-refractivity contribution in [3.05, 3.63) is 12.7 Å². The highest BCUT2D eigenvalue weighted by Gasteiger charge is 2.36. The fraction of sp³-hybridized carbons (Fsp3) is 0.667. The third-order valence-electron chi connectivity index (χ3n) is 4.62. The van der Waals surface area contributed by atoms with E-state index >= 15 is 0 Å². The molecule has 21 heavy (non-hydrogen) atoms. The molecular formula is C15H23N5O. The van der Waals surface area contributed by atoms with Crippen LogP contribution in [0.15, 0.2) is 12.7 Å². The second-order valence-corrected chi connectivity index (χ2v) is 6.99. The molecule has 114 valence electrons. The van der Waals surface area contributed by atoms with Crippen LogP contribution in [0.5, 0.6) is 0 Å². The van der Waals surface area contributed by atoms with Crippen molar-refractivity contribution in [3.63, 3.8) is 0 Å². The number of aliphatic hydroxyl groups is 1. The van der Waals surface area contributed by atoms with Crippen LogP contribution in [0.4, 0.5) is 5.82 Å². The van der Waals surface area contributed by atoms with E-state index in [1.165, 1.54) is 6.33 Å². The molecule has 0 aliphatic heterocycles. The second-order valence-electron chi connectivity index (χ2n) is 6.99. The Morgan fingerprint density at radius 1 is 1.19 bits per heavy atom. The van der Waals surface area contributed by atoms with E-state index in [0.717, 1.165) is 36.8 Å². The zero-order valence-electron chi connectivity index (χ0n) is 12.9. The number of aryl methyl sites for hydroxylation is 1. The Morgan fingerprint density at radius 3 is 2.62 bits per heavy atom. The maximum Gasteiger partial charge on any atom is 0.165 e. The van der Waals surface area contributed by atoms with E-state index in [2.05, 4.69) is 34.1 Å². The average Bonchev–Trinajstić information content (AvgIpc) is 2.83. The Morgan fingerprint density at radius 2 is 1.90 bits per heavy atom. The van der Waals surface area contributed by atoms with Gasteiger partial charge in [0.05, 0.1) is 11.9 Å². The molecule has 3 rings (SSSR count). The van der Waals surface area contributed by atoms with Gasteiger partial charge in [0.1, 0.15) is 11.8 Å². The smallest absolute Gasteiger partial charge is 0.165 e. The molecule has 0 aromatic carbocycles. The Bertz CT molecular complexity index is 639. The van der Waals surface area contributed by atoms with E-state index in [1.807, 2.05) is 11.6 Å². The molecule has 6 heteroatoms. The first-order chi connectivity index (χ1) is 9.89. The zero-order valence-corrected chi connectivity index (χ0v) is 12.9. The first kappa shape index (κ1) is 14.3. The predicted octanol–water partition coefficient (Wildman–Crippen LogP) is 2.11. The number of rotatable bonds is 3. The van der Waals surface area contributed by atoms with E-state index in [1.54, 1.807) is 6.33 Å². The number of aromatic nitrogens is 4. The summed E-state index contributed by atoms with van der Waals surface area (Å²) in [5, 5.41) is 14.0. The molecule has 0 radical (unpaired) electrons. The molecule has 6 nitrogen and oxygen atoms in total. The van der Waals surface area contributed by atoms with E-state index in [4.69, 9.17) is 0 Å². The zero-order chi connectivity index (χ0) is 15.1. The molecule has 0 atom stereocenters. The molecule has 0 amide bonds. The maximum atomic E-state index is 10.7. The molecule has 1 saturated carbocycles. The van der Waals surface area contributed by atoms with Gasteiger partial charge in [0.2, 0.25) is 0 Å². The van der Waals surface area contributed by atoms with Gasteiger partial charge in [0.25, 0.3) is 0 Å². The highest BCUT2D eigenvalue weighted by atomic mass is 16.3. The third kappa shape index (κ3) is 2.85. The summed E-state index contributed by atoms with van der Waals surface area (Å²) in [5.74, 6) is 0.693. The van der Waals surface area contributed by atoms with Gasteiger partial charge in [-0.1, -0.05) is 13.8 Å². The Labute approximate surface area is 124 Å². The minimum atomic E-state index is -0.651. The van der Waals surface area contributed by atoms with Gasteiger partial charge in [-0.15, -0.1) is 0 Å². The summed E-state index contributed by atoms with van der Waals surface area (Å²) in [6.45, 7) is 5.04. The number of fused-ring (bicyclic) bond motifs is 1. The summed E-state index contributed by atoms with van der Waals surface area (Å²) in [4.78, 5) is 12.8. The molecular weight excluding hydrogens is 266 g/mol. The van der Waals surface area contributed by atoms with E-state index < -0.39 is 5.60 Å². The molecule has 0 saturated heterocycles. The molecule has 0 spiro atoms. The highest BCUT2D eigenvalue weighted by Crippen LogP contribution is 2.40. The summed E-state index contributed by atoms with van der Waals surface area (Å²) < 4.78 is 1.86. The predicted molar refractivity (Wildman–Crippen MR) is 82.0 cm³/mol. The molecule has 2 aromatic heterocycles. The van der Waals surface area contributed by atoms with Gasteiger partial charge in [0.15, 0.2) is 11.5 Å². The minimum absolute atomic E-state index is 0.343. The fourth-order valence-electron chi connectivity index (χ4n) is 2.89. The van der Waals surface area contributed by atoms with Crippen LogP contribution in [-0.2, 0) is 7.05 Å². The van der Waals surface area contributed by atoms with Crippen molar-refractivity contribution in [3.8, 4) is 0 Å². The Hall–Kier alpha value is -1.69. The number of hydrogen-bond acceptors (Lipinski definition) is 5. The second kappa shape index (κ2) is 4.94. The number of hydrogen-bond donors (Lipinski definition) is 2. The molecule has 1 aliphatic rings. The van der Waals surface area contributed by atoms with Crippen LogP contribution < -0.4 is 5.32 Å². The first-order valence-corrected chi connectivity index (χ1v) is 7.47. The molecule has 2 aromatic rings. The highest BCUT2D eigenvalue weighted by molar-refractivity contribution is 5.82. The third-order valence-corrected chi connectivity index (χ3v) is 4.62. The van der Waals surface area contributed by atoms with Crippen molar-refractivity contribution in [1.82, 2.24) is 19.5 Å². The van der Waals surface area contributed by atoms with Gasteiger partial charge in [-0.25, -0.2) is 15.0 Å². The van der Waals surface area contributed by atoms with E-state index in [-0.39, 0.29) is 0 Å². The van der Waals surface area contributed by atoms with Crippen LogP contribution in [0.25, 0.3) is 11.2 Å². The van der Waals surface area contributed by atoms with Crippen molar-refractivity contribution in [2.75, 3.05) is 11.9 Å². The summed E-state index contributed by atoms with van der Waals surface area (Å²) in [6, 6.07) is 0. The number of nitrogens with one attached hydrogen (secondary N) is 1. The quantitative estimate of drug-likeness (QED) is 0.905. The van der Waals surface area contributed by atoms with Crippen molar-refractivity contribution in [2.24, 2.45) is 12.5 Å². The lowest BCUT2D eigenvalue weighted by Crippen LogP contribution is -2.42. The van der Waals surface area contributed by atoms with Crippen LogP contribution in [0.2, 0.25) is 0 Å². The largest absolute Gasteiger partial charge is 0.388 e. The lowest BCUT2D eigenvalue weighted by molar-refractivity contribution is -0.0145. The monoisotopic (exact) mass is 289 g/mol. The first-order valence-electron chi connectivity index (χ1n) is 7.47. The lowest BCUT2D eigenvalue weighted by atomic mass is 9.71. The number of imidazole rings is 1. The minimum Gasteiger partial charge on any atom is -0.388 e. The van der Waals surface area contributed by atoms with Crippen LogP contribution in [0.1, 0.15) is 39.5 Å². The van der Waals surface area contributed by atoms with Crippen molar-refractivity contribution in [2.45, 2.75) is 45.1 Å². The number of nitrogens with zero attached hydrogens (tertiary/aromatic N) is 4. The van der Waals surface area contributed by atoms with Crippen molar-refractivity contribution in [1.29, 1.82) is 0 Å². The average molecular weight is 289 g/mol. The van der Waals surface area contributed by atoms with Gasteiger partial charge in [0, 0.05) is 13.6 Å². The SMILES string of the molecule is Cn1cnc2c(NCC3(O)CCC(C)(C)CC3)ncnc21. The molecule has 0 unspecified atom stereocenters. The van der Waals surface area contributed by atoms with E-state index in [0.29, 0.717) is 17.8 Å². The summed E-state index contributed by atoms with van der Waals surface area (Å²) >= 11 is 0. The topological polar surface area (TPSA) is 75.9 Å². The molecule has 1 aliphatic carbocycles. The van der Waals surface area contributed by atoms with Gasteiger partial charge >= 0.3 is 0 Å². The van der Waals surface area contributed by atoms with Crippen LogP contribution in [-0.4, -0.2) is 36.8 Å². The number of anilines is 1. The maximum absolute atomic E-state index is 10.7. The Kier molecular flexibility index (Phi) is 3.36. The normalized spacial score (nSPS) is 20.6. The molecule has 0 bridgehead atoms. The summed E-state index contributed by atoms with van der Waals surface area (Å²) in [5.41, 5.74) is 1.24. The molecule has 2 heterocycles. The van der Waals surface area contributed by atoms with Gasteiger partial charge in [-0.2, -0.15) is 0 Å². The van der Waals surface area contributed by atoms with Crippen LogP contribution >= 0.6 is 0 Å².